The number of halogens is 1. The number of nitrogens with one attached hydrogen (secondary N) is 1. The molecule has 1 N–H and O–H groups in total. The Balaban J connectivity index is 1.31. The highest BCUT2D eigenvalue weighted by molar-refractivity contribution is 6.29. The number of rotatable bonds is 3. The lowest BCUT2D eigenvalue weighted by Crippen LogP contribution is -2.53. The number of fused-ring (bicyclic) bond motifs is 1. The Labute approximate surface area is 174 Å². The number of anilines is 1. The van der Waals surface area contributed by atoms with Crippen LogP contribution >= 0.6 is 11.6 Å². The highest BCUT2D eigenvalue weighted by atomic mass is 35.5. The van der Waals surface area contributed by atoms with Crippen LogP contribution in [0.4, 0.5) is 5.95 Å². The van der Waals surface area contributed by atoms with Crippen molar-refractivity contribution in [2.45, 2.75) is 32.2 Å². The molecule has 150 valence electrons. The van der Waals surface area contributed by atoms with Gasteiger partial charge in [0.05, 0.1) is 5.41 Å². The molecule has 0 unspecified atom stereocenters. The first-order chi connectivity index (χ1) is 14.1. The van der Waals surface area contributed by atoms with E-state index in [2.05, 4.69) is 36.9 Å². The number of benzene rings is 1. The molecule has 5 rings (SSSR count). The minimum atomic E-state index is -0.251. The third kappa shape index (κ3) is 3.35. The van der Waals surface area contributed by atoms with E-state index in [1.165, 1.54) is 10.9 Å². The Morgan fingerprint density at radius 3 is 2.76 bits per heavy atom. The van der Waals surface area contributed by atoms with Gasteiger partial charge >= 0.3 is 0 Å². The van der Waals surface area contributed by atoms with Crippen molar-refractivity contribution in [3.05, 3.63) is 53.4 Å². The second-order valence-corrected chi connectivity index (χ2v) is 8.52. The predicted molar refractivity (Wildman–Crippen MR) is 114 cm³/mol. The summed E-state index contributed by atoms with van der Waals surface area (Å²) in [5, 5.41) is 1.65. The van der Waals surface area contributed by atoms with Gasteiger partial charge in [0.25, 0.3) is 0 Å². The van der Waals surface area contributed by atoms with Crippen LogP contribution < -0.4 is 4.90 Å². The number of aromatic amines is 1. The first-order valence-electron chi connectivity index (χ1n) is 10.2. The maximum absolute atomic E-state index is 13.5. The van der Waals surface area contributed by atoms with Crippen molar-refractivity contribution in [2.24, 2.45) is 5.41 Å². The lowest BCUT2D eigenvalue weighted by atomic mass is 9.71. The van der Waals surface area contributed by atoms with Crippen LogP contribution in [0.25, 0.3) is 10.9 Å². The summed E-state index contributed by atoms with van der Waals surface area (Å²) in [6.07, 6.45) is 7.43. The molecule has 0 atom stereocenters. The standard InChI is InChI=1S/C22H24ClN5O/c23-19-6-10-24-21(26-19)27-12-8-22(9-13-27)7-3-11-28(20(22)29)15-16-14-25-18-5-2-1-4-17(16)18/h1-2,4-6,10,14,25H,3,7-9,11-13,15H2. The van der Waals surface area contributed by atoms with Gasteiger partial charge in [-0.1, -0.05) is 29.8 Å². The predicted octanol–water partition coefficient (Wildman–Crippen LogP) is 4.02. The van der Waals surface area contributed by atoms with Crippen LogP contribution in [-0.4, -0.2) is 45.4 Å². The smallest absolute Gasteiger partial charge is 0.229 e. The van der Waals surface area contributed by atoms with Crippen LogP contribution in [0.15, 0.2) is 42.7 Å². The average molecular weight is 410 g/mol. The zero-order valence-electron chi connectivity index (χ0n) is 16.3. The Hall–Kier alpha value is -2.60. The molecule has 2 aliphatic rings. The number of aromatic nitrogens is 3. The average Bonchev–Trinajstić information content (AvgIpc) is 3.15. The molecule has 2 aromatic heterocycles. The fourth-order valence-electron chi connectivity index (χ4n) is 4.85. The summed E-state index contributed by atoms with van der Waals surface area (Å²) < 4.78 is 0. The van der Waals surface area contributed by atoms with Gasteiger partial charge in [-0.2, -0.15) is 0 Å². The van der Waals surface area contributed by atoms with Gasteiger partial charge in [-0.15, -0.1) is 0 Å². The zero-order valence-corrected chi connectivity index (χ0v) is 17.0. The van der Waals surface area contributed by atoms with Gasteiger partial charge in [0.15, 0.2) is 0 Å². The molecule has 2 fully saturated rings. The third-order valence-electron chi connectivity index (χ3n) is 6.47. The van der Waals surface area contributed by atoms with E-state index < -0.39 is 0 Å². The maximum atomic E-state index is 13.5. The number of hydrogen-bond donors (Lipinski definition) is 1. The molecule has 29 heavy (non-hydrogen) atoms. The summed E-state index contributed by atoms with van der Waals surface area (Å²) in [4.78, 5) is 29.7. The summed E-state index contributed by atoms with van der Waals surface area (Å²) in [5.41, 5.74) is 2.06. The number of hydrogen-bond acceptors (Lipinski definition) is 4. The molecule has 1 aromatic carbocycles. The minimum Gasteiger partial charge on any atom is -0.361 e. The number of nitrogens with zero attached hydrogens (tertiary/aromatic N) is 4. The molecule has 0 saturated carbocycles. The van der Waals surface area contributed by atoms with Gasteiger partial charge in [0.2, 0.25) is 11.9 Å². The minimum absolute atomic E-state index is 0.251. The highest BCUT2D eigenvalue weighted by Crippen LogP contribution is 2.42. The van der Waals surface area contributed by atoms with Crippen molar-refractivity contribution in [2.75, 3.05) is 24.5 Å². The second-order valence-electron chi connectivity index (χ2n) is 8.14. The van der Waals surface area contributed by atoms with Crippen LogP contribution in [0, 0.1) is 5.41 Å². The van der Waals surface area contributed by atoms with Crippen molar-refractivity contribution >= 4 is 34.4 Å². The lowest BCUT2D eigenvalue weighted by Gasteiger charge is -2.46. The molecule has 1 amide bonds. The van der Waals surface area contributed by atoms with Crippen LogP contribution in [0.3, 0.4) is 0 Å². The molecule has 1 spiro atoms. The van der Waals surface area contributed by atoms with E-state index in [1.54, 1.807) is 12.3 Å². The van der Waals surface area contributed by atoms with E-state index in [-0.39, 0.29) is 5.41 Å². The molecule has 3 aromatic rings. The molecule has 4 heterocycles. The third-order valence-corrected chi connectivity index (χ3v) is 6.68. The molecule has 0 bridgehead atoms. The summed E-state index contributed by atoms with van der Waals surface area (Å²) in [6, 6.07) is 9.96. The van der Waals surface area contributed by atoms with Gasteiger partial charge in [0.1, 0.15) is 5.15 Å². The Bertz CT molecular complexity index is 1040. The zero-order chi connectivity index (χ0) is 19.8. The van der Waals surface area contributed by atoms with Gasteiger partial charge < -0.3 is 14.8 Å². The fourth-order valence-corrected chi connectivity index (χ4v) is 4.98. The van der Waals surface area contributed by atoms with E-state index in [4.69, 9.17) is 11.6 Å². The summed E-state index contributed by atoms with van der Waals surface area (Å²) >= 11 is 6.02. The maximum Gasteiger partial charge on any atom is 0.229 e. The van der Waals surface area contributed by atoms with E-state index in [0.717, 1.165) is 50.8 Å². The van der Waals surface area contributed by atoms with Gasteiger partial charge in [-0.25, -0.2) is 9.97 Å². The molecular weight excluding hydrogens is 386 g/mol. The molecule has 0 aliphatic carbocycles. The number of carbonyl (C=O) groups is 1. The number of likely N-dealkylation sites (tertiary alicyclic amines) is 1. The van der Waals surface area contributed by atoms with Crippen molar-refractivity contribution in [1.82, 2.24) is 19.9 Å². The summed E-state index contributed by atoms with van der Waals surface area (Å²) in [7, 11) is 0. The highest BCUT2D eigenvalue weighted by Gasteiger charge is 2.46. The topological polar surface area (TPSA) is 65.1 Å². The van der Waals surface area contributed by atoms with Crippen molar-refractivity contribution in [1.29, 1.82) is 0 Å². The summed E-state index contributed by atoms with van der Waals surface area (Å²) in [5.74, 6) is 0.965. The van der Waals surface area contributed by atoms with Crippen LogP contribution in [0.2, 0.25) is 5.15 Å². The molecule has 0 radical (unpaired) electrons. The van der Waals surface area contributed by atoms with Gasteiger partial charge in [0, 0.05) is 49.5 Å². The SMILES string of the molecule is O=C1N(Cc2c[nH]c3ccccc23)CCCC12CCN(c1nccc(Cl)n1)CC2. The number of amides is 1. The van der Waals surface area contributed by atoms with Crippen LogP contribution in [0.1, 0.15) is 31.2 Å². The first kappa shape index (κ1) is 18.4. The first-order valence-corrected chi connectivity index (χ1v) is 10.6. The molecule has 2 saturated heterocycles. The van der Waals surface area contributed by atoms with Crippen LogP contribution in [0.5, 0.6) is 0 Å². The fraction of sp³-hybridized carbons (Fsp3) is 0.409. The van der Waals surface area contributed by atoms with Crippen molar-refractivity contribution in [3.8, 4) is 0 Å². The second kappa shape index (κ2) is 7.34. The number of carbonyl (C=O) groups excluding carboxylic acids is 1. The van der Waals surface area contributed by atoms with Crippen molar-refractivity contribution < 1.29 is 4.79 Å². The van der Waals surface area contributed by atoms with Gasteiger partial charge in [-0.3, -0.25) is 4.79 Å². The van der Waals surface area contributed by atoms with Crippen LogP contribution in [-0.2, 0) is 11.3 Å². The largest absolute Gasteiger partial charge is 0.361 e. The summed E-state index contributed by atoms with van der Waals surface area (Å²) in [6.45, 7) is 3.08. The number of H-pyrrole nitrogens is 1. The number of piperidine rings is 2. The Kier molecular flexibility index (Phi) is 4.66. The quantitative estimate of drug-likeness (QED) is 0.663. The normalized spacial score (nSPS) is 19.3. The molecule has 6 nitrogen and oxygen atoms in total. The molecular formula is C22H24ClN5O. The lowest BCUT2D eigenvalue weighted by molar-refractivity contribution is -0.148. The van der Waals surface area contributed by atoms with Gasteiger partial charge in [-0.05, 0) is 43.4 Å². The van der Waals surface area contributed by atoms with E-state index in [1.807, 2.05) is 18.3 Å². The van der Waals surface area contributed by atoms with Crippen molar-refractivity contribution in [3.63, 3.8) is 0 Å². The van der Waals surface area contributed by atoms with E-state index in [9.17, 15) is 4.79 Å². The Morgan fingerprint density at radius 1 is 1.10 bits per heavy atom. The Morgan fingerprint density at radius 2 is 1.93 bits per heavy atom. The van der Waals surface area contributed by atoms with E-state index >= 15 is 0 Å². The molecule has 7 heteroatoms. The molecule has 2 aliphatic heterocycles. The van der Waals surface area contributed by atoms with E-state index in [0.29, 0.717) is 23.6 Å². The number of para-hydroxylation sites is 1. The monoisotopic (exact) mass is 409 g/mol.